The van der Waals surface area contributed by atoms with E-state index < -0.39 is 6.10 Å². The minimum atomic E-state index is -0.776. The van der Waals surface area contributed by atoms with Gasteiger partial charge in [-0.15, -0.1) is 0 Å². The molecule has 0 fully saturated rings. The summed E-state index contributed by atoms with van der Waals surface area (Å²) in [5.74, 6) is -0.873. The molecule has 0 aromatic rings. The summed E-state index contributed by atoms with van der Waals surface area (Å²) in [6, 6.07) is 0. The zero-order valence-electron chi connectivity index (χ0n) is 44.0. The van der Waals surface area contributed by atoms with Crippen LogP contribution in [0.15, 0.2) is 48.6 Å². The first-order valence-electron chi connectivity index (χ1n) is 28.6. The van der Waals surface area contributed by atoms with E-state index in [2.05, 4.69) is 69.4 Å². The van der Waals surface area contributed by atoms with Crippen LogP contribution < -0.4 is 0 Å². The second-order valence-corrected chi connectivity index (χ2v) is 19.2. The van der Waals surface area contributed by atoms with Crippen molar-refractivity contribution in [3.8, 4) is 0 Å². The number of esters is 3. The highest BCUT2D eigenvalue weighted by Crippen LogP contribution is 2.16. The van der Waals surface area contributed by atoms with Gasteiger partial charge in [0.15, 0.2) is 6.10 Å². The molecule has 1 unspecified atom stereocenters. The van der Waals surface area contributed by atoms with Gasteiger partial charge in [-0.2, -0.15) is 0 Å². The van der Waals surface area contributed by atoms with Crippen molar-refractivity contribution in [1.82, 2.24) is 0 Å². The summed E-state index contributed by atoms with van der Waals surface area (Å²) in [4.78, 5) is 38.1. The third-order valence-electron chi connectivity index (χ3n) is 12.6. The topological polar surface area (TPSA) is 78.9 Å². The first-order valence-corrected chi connectivity index (χ1v) is 28.6. The Hall–Kier alpha value is -2.63. The molecule has 0 rings (SSSR count). The lowest BCUT2D eigenvalue weighted by Crippen LogP contribution is -2.30. The second-order valence-electron chi connectivity index (χ2n) is 19.2. The molecular weight excluding hydrogens is 817 g/mol. The number of hydrogen-bond acceptors (Lipinski definition) is 6. The summed E-state index contributed by atoms with van der Waals surface area (Å²) in [6.07, 6.45) is 66.7. The van der Waals surface area contributed by atoms with Gasteiger partial charge in [0.25, 0.3) is 0 Å². The van der Waals surface area contributed by atoms with Crippen LogP contribution in [0.3, 0.4) is 0 Å². The number of unbranched alkanes of at least 4 members (excludes halogenated alkanes) is 33. The SMILES string of the molecule is CC/C=C\C/C=C\C/C=C\CCCCCCCCCC(=O)OC(COC(=O)CCCCCCCCCCC/C=C\CCCCCCCC)COC(=O)CCCCCCCCCCCCCC. The second kappa shape index (κ2) is 55.0. The van der Waals surface area contributed by atoms with Crippen LogP contribution in [0.1, 0.15) is 297 Å². The summed E-state index contributed by atoms with van der Waals surface area (Å²) >= 11 is 0. The van der Waals surface area contributed by atoms with Gasteiger partial charge in [-0.3, -0.25) is 14.4 Å². The van der Waals surface area contributed by atoms with Gasteiger partial charge in [-0.1, -0.05) is 249 Å². The van der Waals surface area contributed by atoms with Gasteiger partial charge in [0.2, 0.25) is 0 Å². The first kappa shape index (κ1) is 63.4. The highest BCUT2D eigenvalue weighted by molar-refractivity contribution is 5.71. The van der Waals surface area contributed by atoms with E-state index in [1.807, 2.05) is 0 Å². The lowest BCUT2D eigenvalue weighted by atomic mass is 10.0. The third kappa shape index (κ3) is 52.3. The van der Waals surface area contributed by atoms with Crippen molar-refractivity contribution in [3.05, 3.63) is 48.6 Å². The smallest absolute Gasteiger partial charge is 0.306 e. The monoisotopic (exact) mass is 925 g/mol. The Bertz CT molecular complexity index is 1150. The summed E-state index contributed by atoms with van der Waals surface area (Å²) in [5.41, 5.74) is 0. The van der Waals surface area contributed by atoms with Gasteiger partial charge in [-0.05, 0) is 77.0 Å². The molecule has 0 bridgehead atoms. The molecule has 0 aliphatic carbocycles. The average molecular weight is 926 g/mol. The molecule has 6 nitrogen and oxygen atoms in total. The molecule has 0 aliphatic rings. The molecule has 0 aliphatic heterocycles. The number of carbonyl (C=O) groups excluding carboxylic acids is 3. The number of carbonyl (C=O) groups is 3. The quantitative estimate of drug-likeness (QED) is 0.0262. The van der Waals surface area contributed by atoms with E-state index in [-0.39, 0.29) is 31.1 Å². The highest BCUT2D eigenvalue weighted by atomic mass is 16.6. The van der Waals surface area contributed by atoms with E-state index in [9.17, 15) is 14.4 Å². The third-order valence-corrected chi connectivity index (χ3v) is 12.6. The zero-order chi connectivity index (χ0) is 47.9. The molecule has 0 N–H and O–H groups in total. The van der Waals surface area contributed by atoms with Crippen LogP contribution in [-0.2, 0) is 28.6 Å². The maximum atomic E-state index is 12.8. The van der Waals surface area contributed by atoms with Gasteiger partial charge < -0.3 is 14.2 Å². The molecular formula is C60H108O6. The van der Waals surface area contributed by atoms with Crippen molar-refractivity contribution in [2.24, 2.45) is 0 Å². The zero-order valence-corrected chi connectivity index (χ0v) is 44.0. The molecule has 66 heavy (non-hydrogen) atoms. The molecule has 0 saturated carbocycles. The van der Waals surface area contributed by atoms with Crippen molar-refractivity contribution in [2.75, 3.05) is 13.2 Å². The molecule has 6 heteroatoms. The summed E-state index contributed by atoms with van der Waals surface area (Å²) in [7, 11) is 0. The van der Waals surface area contributed by atoms with Crippen LogP contribution >= 0.6 is 0 Å². The Labute approximate surface area is 409 Å². The number of ether oxygens (including phenoxy) is 3. The van der Waals surface area contributed by atoms with Gasteiger partial charge in [0.05, 0.1) is 0 Å². The van der Waals surface area contributed by atoms with E-state index in [0.717, 1.165) is 83.5 Å². The predicted octanol–water partition coefficient (Wildman–Crippen LogP) is 19.0. The van der Waals surface area contributed by atoms with Crippen LogP contribution in [0.5, 0.6) is 0 Å². The van der Waals surface area contributed by atoms with Crippen LogP contribution in [0.4, 0.5) is 0 Å². The fourth-order valence-electron chi connectivity index (χ4n) is 8.28. The van der Waals surface area contributed by atoms with E-state index in [1.165, 1.54) is 173 Å². The van der Waals surface area contributed by atoms with Crippen LogP contribution in [0, 0.1) is 0 Å². The van der Waals surface area contributed by atoms with Crippen molar-refractivity contribution in [1.29, 1.82) is 0 Å². The molecule has 0 spiro atoms. The Balaban J connectivity index is 4.33. The Morgan fingerprint density at radius 1 is 0.318 bits per heavy atom. The Morgan fingerprint density at radius 3 is 0.939 bits per heavy atom. The highest BCUT2D eigenvalue weighted by Gasteiger charge is 2.19. The van der Waals surface area contributed by atoms with Gasteiger partial charge >= 0.3 is 17.9 Å². The largest absolute Gasteiger partial charge is 0.462 e. The van der Waals surface area contributed by atoms with E-state index in [0.29, 0.717) is 19.3 Å². The number of rotatable bonds is 52. The summed E-state index contributed by atoms with van der Waals surface area (Å²) in [6.45, 7) is 6.54. The van der Waals surface area contributed by atoms with Crippen molar-refractivity contribution >= 4 is 17.9 Å². The predicted molar refractivity (Wildman–Crippen MR) is 284 cm³/mol. The Kier molecular flexibility index (Phi) is 52.8. The average Bonchev–Trinajstić information content (AvgIpc) is 3.31. The van der Waals surface area contributed by atoms with Gasteiger partial charge in [-0.25, -0.2) is 0 Å². The van der Waals surface area contributed by atoms with Gasteiger partial charge in [0.1, 0.15) is 13.2 Å². The fourth-order valence-corrected chi connectivity index (χ4v) is 8.28. The van der Waals surface area contributed by atoms with Crippen molar-refractivity contribution < 1.29 is 28.6 Å². The molecule has 1 atom stereocenters. The van der Waals surface area contributed by atoms with Crippen LogP contribution in [0.25, 0.3) is 0 Å². The van der Waals surface area contributed by atoms with Crippen LogP contribution in [-0.4, -0.2) is 37.2 Å². The first-order chi connectivity index (χ1) is 32.5. The number of allylic oxidation sites excluding steroid dienone is 8. The van der Waals surface area contributed by atoms with Crippen molar-refractivity contribution in [2.45, 2.75) is 303 Å². The lowest BCUT2D eigenvalue weighted by molar-refractivity contribution is -0.167. The molecule has 0 aromatic heterocycles. The normalized spacial score (nSPS) is 12.3. The maximum Gasteiger partial charge on any atom is 0.306 e. The van der Waals surface area contributed by atoms with E-state index >= 15 is 0 Å². The van der Waals surface area contributed by atoms with Crippen molar-refractivity contribution in [3.63, 3.8) is 0 Å². The molecule has 384 valence electrons. The van der Waals surface area contributed by atoms with Gasteiger partial charge in [0, 0.05) is 19.3 Å². The van der Waals surface area contributed by atoms with E-state index in [1.54, 1.807) is 0 Å². The molecule has 0 aromatic carbocycles. The molecule has 0 heterocycles. The number of hydrogen-bond donors (Lipinski definition) is 0. The Morgan fingerprint density at radius 2 is 0.591 bits per heavy atom. The fraction of sp³-hybridized carbons (Fsp3) is 0.817. The summed E-state index contributed by atoms with van der Waals surface area (Å²) < 4.78 is 16.9. The minimum absolute atomic E-state index is 0.0748. The minimum Gasteiger partial charge on any atom is -0.462 e. The van der Waals surface area contributed by atoms with Crippen LogP contribution in [0.2, 0.25) is 0 Å². The molecule has 0 radical (unpaired) electrons. The molecule has 0 amide bonds. The molecule has 0 saturated heterocycles. The maximum absolute atomic E-state index is 12.8. The van der Waals surface area contributed by atoms with E-state index in [4.69, 9.17) is 14.2 Å². The lowest BCUT2D eigenvalue weighted by Gasteiger charge is -2.18. The summed E-state index contributed by atoms with van der Waals surface area (Å²) in [5, 5.41) is 0. The standard InChI is InChI=1S/C60H108O6/c1-4-7-10-13-16-19-22-25-27-29-30-32-33-35-38-41-44-47-50-53-59(62)65-56-57(55-64-58(61)52-49-46-43-40-37-24-21-18-15-12-9-6-3)66-60(63)54-51-48-45-42-39-36-34-31-28-26-23-20-17-14-11-8-5-2/h8,11,17,20,25-28,57H,4-7,9-10,12-16,18-19,21-24,29-56H2,1-3H3/b11-8-,20-17-,27-25-,28-26-.